The van der Waals surface area contributed by atoms with Crippen LogP contribution in [0.4, 0.5) is 4.79 Å². The molecule has 1 heterocycles. The summed E-state index contributed by atoms with van der Waals surface area (Å²) >= 11 is 18.5. The first-order valence-electron chi connectivity index (χ1n) is 9.29. The van der Waals surface area contributed by atoms with Gasteiger partial charge in [-0.15, -0.1) is 0 Å². The summed E-state index contributed by atoms with van der Waals surface area (Å²) in [6.45, 7) is 13.4. The van der Waals surface area contributed by atoms with Gasteiger partial charge in [0.2, 0.25) is 0 Å². The lowest BCUT2D eigenvalue weighted by Crippen LogP contribution is -2.41. The van der Waals surface area contributed by atoms with Crippen molar-refractivity contribution in [1.29, 1.82) is 0 Å². The van der Waals surface area contributed by atoms with E-state index in [4.69, 9.17) is 48.8 Å². The van der Waals surface area contributed by atoms with Crippen LogP contribution < -0.4 is 5.32 Å². The normalized spacial score (nSPS) is 18.7. The smallest absolute Gasteiger partial charge is 0.444 e. The van der Waals surface area contributed by atoms with E-state index in [2.05, 4.69) is 5.32 Å². The molecule has 0 aliphatic carbocycles. The van der Waals surface area contributed by atoms with Gasteiger partial charge in [-0.05, 0) is 71.6 Å². The van der Waals surface area contributed by atoms with Crippen molar-refractivity contribution in [2.45, 2.75) is 65.3 Å². The number of ether oxygens (including phenoxy) is 1. The van der Waals surface area contributed by atoms with Gasteiger partial charge >= 0.3 is 13.2 Å². The first-order valence-corrected chi connectivity index (χ1v) is 10.4. The summed E-state index contributed by atoms with van der Waals surface area (Å²) in [5.74, 6) is 0. The Morgan fingerprint density at radius 2 is 1.59 bits per heavy atom. The molecule has 0 aromatic heterocycles. The molecule has 0 saturated carbocycles. The number of rotatable bonds is 4. The van der Waals surface area contributed by atoms with E-state index in [9.17, 15) is 4.79 Å². The van der Waals surface area contributed by atoms with E-state index < -0.39 is 30.0 Å². The number of nitrogens with one attached hydrogen (secondary N) is 1. The predicted octanol–water partition coefficient (Wildman–Crippen LogP) is 6.19. The van der Waals surface area contributed by atoms with Gasteiger partial charge in [-0.2, -0.15) is 0 Å². The number of hydrogen-bond acceptors (Lipinski definition) is 4. The first-order chi connectivity index (χ1) is 13.1. The molecule has 9 heteroatoms. The molecule has 1 saturated heterocycles. The molecule has 0 radical (unpaired) electrons. The maximum atomic E-state index is 12.1. The molecule has 1 amide bonds. The van der Waals surface area contributed by atoms with E-state index in [1.807, 2.05) is 27.7 Å². The van der Waals surface area contributed by atoms with Gasteiger partial charge in [0.15, 0.2) is 0 Å². The largest absolute Gasteiger partial charge is 0.492 e. The highest BCUT2D eigenvalue weighted by Gasteiger charge is 2.52. The fourth-order valence-corrected chi connectivity index (χ4v) is 3.14. The highest BCUT2D eigenvalue weighted by molar-refractivity contribution is 6.56. The minimum Gasteiger partial charge on any atom is -0.444 e. The number of alkyl carbamates (subject to hydrolysis) is 1. The third-order valence-electron chi connectivity index (χ3n) is 4.77. The molecule has 0 unspecified atom stereocenters. The van der Waals surface area contributed by atoms with E-state index in [0.29, 0.717) is 26.1 Å². The van der Waals surface area contributed by atoms with Crippen LogP contribution in [0.5, 0.6) is 0 Å². The lowest BCUT2D eigenvalue weighted by molar-refractivity contribution is 0.00578. The molecular weight excluding hydrogens is 435 g/mol. The lowest BCUT2D eigenvalue weighted by atomic mass is 9.77. The average Bonchev–Trinajstić information content (AvgIpc) is 2.74. The Labute approximate surface area is 188 Å². The molecule has 1 aromatic carbocycles. The van der Waals surface area contributed by atoms with Crippen LogP contribution in [0.1, 0.15) is 54.0 Å². The van der Waals surface area contributed by atoms with Gasteiger partial charge < -0.3 is 19.4 Å². The van der Waals surface area contributed by atoms with E-state index in [1.165, 1.54) is 0 Å². The quantitative estimate of drug-likeness (QED) is 0.428. The summed E-state index contributed by atoms with van der Waals surface area (Å²) in [6, 6.07) is 3.23. The van der Waals surface area contributed by atoms with Crippen molar-refractivity contribution < 1.29 is 18.8 Å². The molecule has 29 heavy (non-hydrogen) atoms. The van der Waals surface area contributed by atoms with Crippen LogP contribution >= 0.6 is 34.8 Å². The van der Waals surface area contributed by atoms with Gasteiger partial charge in [0.05, 0.1) is 21.2 Å². The van der Waals surface area contributed by atoms with Crippen LogP contribution in [0.15, 0.2) is 17.6 Å². The van der Waals surface area contributed by atoms with Crippen LogP contribution in [-0.4, -0.2) is 36.6 Å². The number of carbonyl (C=O) groups excluding carboxylic acids is 1. The maximum absolute atomic E-state index is 12.1. The molecule has 1 fully saturated rings. The van der Waals surface area contributed by atoms with E-state index >= 15 is 0 Å². The fraction of sp³-hybridized carbons (Fsp3) is 0.550. The van der Waals surface area contributed by atoms with Gasteiger partial charge in [0.1, 0.15) is 5.60 Å². The van der Waals surface area contributed by atoms with Crippen LogP contribution in [-0.2, 0) is 14.0 Å². The molecule has 160 valence electrons. The maximum Gasteiger partial charge on any atom is 0.492 e. The molecule has 0 spiro atoms. The van der Waals surface area contributed by atoms with Gasteiger partial charge in [0, 0.05) is 11.6 Å². The van der Waals surface area contributed by atoms with Crippen LogP contribution in [0.3, 0.4) is 0 Å². The molecule has 1 N–H and O–H groups in total. The summed E-state index contributed by atoms with van der Waals surface area (Å²) in [6.07, 6.45) is 1.24. The van der Waals surface area contributed by atoms with Crippen LogP contribution in [0.25, 0.3) is 6.08 Å². The predicted molar refractivity (Wildman–Crippen MR) is 120 cm³/mol. The second-order valence-electron chi connectivity index (χ2n) is 8.95. The molecule has 1 aliphatic rings. The van der Waals surface area contributed by atoms with Crippen LogP contribution in [0.2, 0.25) is 15.1 Å². The molecule has 5 nitrogen and oxygen atoms in total. The lowest BCUT2D eigenvalue weighted by Gasteiger charge is -2.32. The number of benzene rings is 1. The monoisotopic (exact) mass is 461 g/mol. The number of hydrogen-bond donors (Lipinski definition) is 1. The highest BCUT2D eigenvalue weighted by Crippen LogP contribution is 2.39. The van der Waals surface area contributed by atoms with Crippen LogP contribution in [0, 0.1) is 0 Å². The van der Waals surface area contributed by atoms with Gasteiger partial charge in [-0.3, -0.25) is 0 Å². The first kappa shape index (κ1) is 24.4. The standard InChI is InChI=1S/C20H27BCl3NO4/c1-18(2,3)27-17(26)25-11-13(21-28-19(4,5)20(6,7)29-21)8-12-9-15(23)16(24)10-14(12)22/h8-10H,11H2,1-7H3,(H,25,26). The molecular formula is C20H27BCl3NO4. The van der Waals surface area contributed by atoms with Crippen molar-refractivity contribution in [2.75, 3.05) is 6.54 Å². The summed E-state index contributed by atoms with van der Waals surface area (Å²) in [4.78, 5) is 12.1. The zero-order valence-electron chi connectivity index (χ0n) is 17.8. The van der Waals surface area contributed by atoms with Crippen molar-refractivity contribution in [3.05, 3.63) is 38.2 Å². The second kappa shape index (κ2) is 8.68. The van der Waals surface area contributed by atoms with Crippen molar-refractivity contribution in [3.63, 3.8) is 0 Å². The van der Waals surface area contributed by atoms with Crippen molar-refractivity contribution in [3.8, 4) is 0 Å². The summed E-state index contributed by atoms with van der Waals surface area (Å²) in [5, 5.41) is 3.90. The average molecular weight is 463 g/mol. The minimum atomic E-state index is -0.680. The van der Waals surface area contributed by atoms with Crippen molar-refractivity contribution >= 4 is 54.1 Å². The molecule has 1 aliphatic heterocycles. The molecule has 0 bridgehead atoms. The Morgan fingerprint density at radius 1 is 1.07 bits per heavy atom. The second-order valence-corrected chi connectivity index (χ2v) is 10.2. The third kappa shape index (κ3) is 6.28. The zero-order chi connectivity index (χ0) is 22.2. The fourth-order valence-electron chi connectivity index (χ4n) is 2.53. The Morgan fingerprint density at radius 3 is 2.10 bits per heavy atom. The number of amides is 1. The highest BCUT2D eigenvalue weighted by atomic mass is 35.5. The van der Waals surface area contributed by atoms with Gasteiger partial charge in [0.25, 0.3) is 0 Å². The van der Waals surface area contributed by atoms with Gasteiger partial charge in [-0.1, -0.05) is 40.9 Å². The molecule has 1 aromatic rings. The van der Waals surface area contributed by atoms with Crippen molar-refractivity contribution in [1.82, 2.24) is 5.32 Å². The Bertz CT molecular complexity index is 803. The van der Waals surface area contributed by atoms with E-state index in [-0.39, 0.29) is 6.54 Å². The zero-order valence-corrected chi connectivity index (χ0v) is 20.1. The summed E-state index contributed by atoms with van der Waals surface area (Å²) in [5.41, 5.74) is -0.383. The summed E-state index contributed by atoms with van der Waals surface area (Å²) < 4.78 is 17.6. The van der Waals surface area contributed by atoms with Crippen molar-refractivity contribution in [2.24, 2.45) is 0 Å². The Hall–Kier alpha value is -0.915. The SMILES string of the molecule is CC(C)(C)OC(=O)NCC(=Cc1cc(Cl)c(Cl)cc1Cl)B1OC(C)(C)C(C)(C)O1. The number of carbonyl (C=O) groups is 1. The third-order valence-corrected chi connectivity index (χ3v) is 5.82. The van der Waals surface area contributed by atoms with E-state index in [0.717, 1.165) is 0 Å². The van der Waals surface area contributed by atoms with E-state index in [1.54, 1.807) is 39.0 Å². The number of halogens is 3. The summed E-state index contributed by atoms with van der Waals surface area (Å²) in [7, 11) is -0.680. The minimum absolute atomic E-state index is 0.141. The molecule has 2 rings (SSSR count). The Kier molecular flexibility index (Phi) is 7.29. The topological polar surface area (TPSA) is 56.8 Å². The van der Waals surface area contributed by atoms with Gasteiger partial charge in [-0.25, -0.2) is 4.79 Å². The molecule has 0 atom stereocenters. The Balaban J connectivity index is 2.34.